The van der Waals surface area contributed by atoms with Gasteiger partial charge in [0, 0.05) is 5.02 Å². The van der Waals surface area contributed by atoms with Crippen molar-refractivity contribution in [2.24, 2.45) is 0 Å². The Balaban J connectivity index is 2.36. The summed E-state index contributed by atoms with van der Waals surface area (Å²) < 4.78 is 26.5. The highest BCUT2D eigenvalue weighted by Gasteiger charge is 2.19. The molecular weight excluding hydrogens is 306 g/mol. The molecule has 0 aliphatic heterocycles. The molecule has 2 aromatic rings. The van der Waals surface area contributed by atoms with Gasteiger partial charge in [0.05, 0.1) is 16.6 Å². The number of nitrogens with one attached hydrogen (secondary N) is 1. The molecule has 0 heterocycles. The Hall–Kier alpha value is -2.54. The number of hydrogen-bond donors (Lipinski definition) is 1. The fourth-order valence-electron chi connectivity index (χ4n) is 1.62. The van der Waals surface area contributed by atoms with E-state index in [1.807, 2.05) is 0 Å². The maximum absolute atomic E-state index is 13.5. The van der Waals surface area contributed by atoms with Gasteiger partial charge in [-0.1, -0.05) is 11.6 Å². The number of carbonyl (C=O) groups excluding carboxylic acids is 1. The molecule has 0 spiro atoms. The summed E-state index contributed by atoms with van der Waals surface area (Å²) in [4.78, 5) is 21.9. The van der Waals surface area contributed by atoms with Crippen LogP contribution in [0.15, 0.2) is 36.4 Å². The molecule has 0 unspecified atom stereocenters. The Bertz CT molecular complexity index is 737. The number of hydrogen-bond acceptors (Lipinski definition) is 3. The number of carbonyl (C=O) groups is 1. The van der Waals surface area contributed by atoms with E-state index in [9.17, 15) is 23.7 Å². The van der Waals surface area contributed by atoms with Crippen LogP contribution in [0.25, 0.3) is 0 Å². The van der Waals surface area contributed by atoms with Gasteiger partial charge in [0.1, 0.15) is 17.3 Å². The molecule has 0 aliphatic carbocycles. The van der Waals surface area contributed by atoms with Crippen molar-refractivity contribution >= 4 is 28.9 Å². The molecule has 0 saturated carbocycles. The summed E-state index contributed by atoms with van der Waals surface area (Å²) in [6.07, 6.45) is 0. The van der Waals surface area contributed by atoms with Gasteiger partial charge in [-0.3, -0.25) is 14.9 Å². The SMILES string of the molecule is O=C(Nc1ccc(F)cc1[N+](=O)[O-])c1cc(Cl)ccc1F. The molecule has 108 valence electrons. The number of rotatable bonds is 3. The normalized spacial score (nSPS) is 10.2. The van der Waals surface area contributed by atoms with Crippen LogP contribution in [0.4, 0.5) is 20.2 Å². The third-order valence-electron chi connectivity index (χ3n) is 2.58. The molecule has 2 aromatic carbocycles. The number of nitrogens with zero attached hydrogens (tertiary/aromatic N) is 1. The molecule has 21 heavy (non-hydrogen) atoms. The summed E-state index contributed by atoms with van der Waals surface area (Å²) >= 11 is 5.66. The van der Waals surface area contributed by atoms with E-state index in [2.05, 4.69) is 5.32 Å². The van der Waals surface area contributed by atoms with Crippen LogP contribution < -0.4 is 5.32 Å². The molecule has 1 amide bonds. The van der Waals surface area contributed by atoms with Gasteiger partial charge in [-0.25, -0.2) is 8.78 Å². The average molecular weight is 313 g/mol. The summed E-state index contributed by atoms with van der Waals surface area (Å²) in [7, 11) is 0. The zero-order valence-corrected chi connectivity index (χ0v) is 11.0. The highest BCUT2D eigenvalue weighted by atomic mass is 35.5. The lowest BCUT2D eigenvalue weighted by Crippen LogP contribution is -2.15. The van der Waals surface area contributed by atoms with E-state index in [1.165, 1.54) is 6.07 Å². The quantitative estimate of drug-likeness (QED) is 0.692. The number of halogens is 3. The van der Waals surface area contributed by atoms with Crippen molar-refractivity contribution in [2.45, 2.75) is 0 Å². The lowest BCUT2D eigenvalue weighted by Gasteiger charge is -2.07. The van der Waals surface area contributed by atoms with Crippen LogP contribution in [-0.4, -0.2) is 10.8 Å². The minimum atomic E-state index is -0.926. The van der Waals surface area contributed by atoms with Gasteiger partial charge in [-0.2, -0.15) is 0 Å². The molecule has 0 aliphatic rings. The largest absolute Gasteiger partial charge is 0.316 e. The van der Waals surface area contributed by atoms with E-state index in [4.69, 9.17) is 11.6 Å². The molecular formula is C13H7ClF2N2O3. The van der Waals surface area contributed by atoms with E-state index < -0.39 is 28.2 Å². The van der Waals surface area contributed by atoms with Crippen molar-refractivity contribution in [3.8, 4) is 0 Å². The van der Waals surface area contributed by atoms with E-state index in [1.54, 1.807) is 0 Å². The van der Waals surface area contributed by atoms with Crippen molar-refractivity contribution in [2.75, 3.05) is 5.32 Å². The average Bonchev–Trinajstić information content (AvgIpc) is 2.43. The van der Waals surface area contributed by atoms with Gasteiger partial charge >= 0.3 is 0 Å². The standard InChI is InChI=1S/C13H7ClF2N2O3/c14-7-1-3-10(16)9(5-7)13(19)17-11-4-2-8(15)6-12(11)18(20)21/h1-6H,(H,17,19). The topological polar surface area (TPSA) is 72.2 Å². The first-order valence-electron chi connectivity index (χ1n) is 5.59. The summed E-state index contributed by atoms with van der Waals surface area (Å²) in [5.41, 5.74) is -1.25. The first kappa shape index (κ1) is 14.9. The highest BCUT2D eigenvalue weighted by molar-refractivity contribution is 6.31. The van der Waals surface area contributed by atoms with Gasteiger partial charge in [0.2, 0.25) is 0 Å². The Morgan fingerprint density at radius 1 is 1.19 bits per heavy atom. The summed E-state index contributed by atoms with van der Waals surface area (Å²) in [5.74, 6) is -2.58. The first-order chi connectivity index (χ1) is 9.88. The molecule has 0 bridgehead atoms. The lowest BCUT2D eigenvalue weighted by atomic mass is 10.2. The minimum absolute atomic E-state index is 0.134. The van der Waals surface area contributed by atoms with Crippen molar-refractivity contribution in [1.82, 2.24) is 0 Å². The predicted octanol–water partition coefficient (Wildman–Crippen LogP) is 3.78. The zero-order valence-electron chi connectivity index (χ0n) is 10.3. The number of benzene rings is 2. The van der Waals surface area contributed by atoms with Gasteiger partial charge < -0.3 is 5.32 Å². The fraction of sp³-hybridized carbons (Fsp3) is 0. The second-order valence-corrected chi connectivity index (χ2v) is 4.43. The van der Waals surface area contributed by atoms with Gasteiger partial charge in [0.25, 0.3) is 11.6 Å². The lowest BCUT2D eigenvalue weighted by molar-refractivity contribution is -0.384. The monoisotopic (exact) mass is 312 g/mol. The van der Waals surface area contributed by atoms with Crippen LogP contribution in [0.5, 0.6) is 0 Å². The molecule has 0 radical (unpaired) electrons. The number of nitro benzene ring substituents is 1. The molecule has 2 rings (SSSR count). The van der Waals surface area contributed by atoms with Crippen molar-refractivity contribution < 1.29 is 18.5 Å². The van der Waals surface area contributed by atoms with E-state index in [-0.39, 0.29) is 16.3 Å². The zero-order chi connectivity index (χ0) is 15.6. The van der Waals surface area contributed by atoms with E-state index >= 15 is 0 Å². The van der Waals surface area contributed by atoms with Crippen LogP contribution >= 0.6 is 11.6 Å². The number of anilines is 1. The van der Waals surface area contributed by atoms with Crippen LogP contribution in [0.3, 0.4) is 0 Å². The molecule has 1 N–H and O–H groups in total. The van der Waals surface area contributed by atoms with E-state index in [0.29, 0.717) is 6.07 Å². The van der Waals surface area contributed by atoms with Crippen LogP contribution in [0, 0.1) is 21.7 Å². The second-order valence-electron chi connectivity index (χ2n) is 4.00. The van der Waals surface area contributed by atoms with Gasteiger partial charge in [-0.15, -0.1) is 0 Å². The van der Waals surface area contributed by atoms with Crippen LogP contribution in [0.1, 0.15) is 10.4 Å². The maximum Gasteiger partial charge on any atom is 0.295 e. The number of amides is 1. The van der Waals surface area contributed by atoms with Gasteiger partial charge in [0.15, 0.2) is 0 Å². The summed E-state index contributed by atoms with van der Waals surface area (Å²) in [6, 6.07) is 5.96. The first-order valence-corrected chi connectivity index (χ1v) is 5.96. The van der Waals surface area contributed by atoms with E-state index in [0.717, 1.165) is 24.3 Å². The smallest absolute Gasteiger partial charge is 0.295 e. The third kappa shape index (κ3) is 3.32. The molecule has 8 heteroatoms. The van der Waals surface area contributed by atoms with Gasteiger partial charge in [-0.05, 0) is 30.3 Å². The maximum atomic E-state index is 13.5. The van der Waals surface area contributed by atoms with Crippen LogP contribution in [-0.2, 0) is 0 Å². The van der Waals surface area contributed by atoms with Crippen molar-refractivity contribution in [3.63, 3.8) is 0 Å². The van der Waals surface area contributed by atoms with Crippen LogP contribution in [0.2, 0.25) is 5.02 Å². The Morgan fingerprint density at radius 3 is 2.57 bits per heavy atom. The molecule has 0 saturated heterocycles. The molecule has 0 atom stereocenters. The molecule has 0 aromatic heterocycles. The highest BCUT2D eigenvalue weighted by Crippen LogP contribution is 2.26. The second kappa shape index (κ2) is 5.84. The number of nitro groups is 1. The van der Waals surface area contributed by atoms with Crippen molar-refractivity contribution in [3.05, 3.63) is 68.7 Å². The van der Waals surface area contributed by atoms with Crippen molar-refractivity contribution in [1.29, 1.82) is 0 Å². The predicted molar refractivity (Wildman–Crippen MR) is 72.4 cm³/mol. The Kier molecular flexibility index (Phi) is 4.13. The Morgan fingerprint density at radius 2 is 1.90 bits per heavy atom. The fourth-order valence-corrected chi connectivity index (χ4v) is 1.79. The third-order valence-corrected chi connectivity index (χ3v) is 2.81. The summed E-state index contributed by atoms with van der Waals surface area (Å²) in [6.45, 7) is 0. The minimum Gasteiger partial charge on any atom is -0.316 e. The molecule has 0 fully saturated rings. The Labute approximate surface area is 122 Å². The summed E-state index contributed by atoms with van der Waals surface area (Å²) in [5, 5.41) is 13.1. The molecule has 5 nitrogen and oxygen atoms in total.